The minimum atomic E-state index is 0.121. The van der Waals surface area contributed by atoms with Gasteiger partial charge >= 0.3 is 0 Å². The highest BCUT2D eigenvalue weighted by Gasteiger charge is 2.12. The number of methoxy groups -OCH3 is 3. The van der Waals surface area contributed by atoms with E-state index in [-0.39, 0.29) is 11.5 Å². The summed E-state index contributed by atoms with van der Waals surface area (Å²) < 4.78 is 16.1. The fourth-order valence-corrected chi connectivity index (χ4v) is 3.27. The minimum Gasteiger partial charge on any atom is -0.508 e. The largest absolute Gasteiger partial charge is 0.508 e. The molecule has 0 saturated carbocycles. The van der Waals surface area contributed by atoms with Crippen molar-refractivity contribution < 1.29 is 24.4 Å². The van der Waals surface area contributed by atoms with Gasteiger partial charge in [0.15, 0.2) is 11.5 Å². The van der Waals surface area contributed by atoms with E-state index in [1.165, 1.54) is 11.6 Å². The smallest absolute Gasteiger partial charge is 0.203 e. The zero-order valence-corrected chi connectivity index (χ0v) is 16.5. The van der Waals surface area contributed by atoms with E-state index in [0.717, 1.165) is 50.5 Å². The maximum atomic E-state index is 9.50. The highest BCUT2D eigenvalue weighted by molar-refractivity contribution is 5.53. The van der Waals surface area contributed by atoms with Crippen molar-refractivity contribution in [3.63, 3.8) is 0 Å². The molecule has 0 amide bonds. The van der Waals surface area contributed by atoms with Crippen molar-refractivity contribution in [3.8, 4) is 28.7 Å². The average Bonchev–Trinajstić information content (AvgIpc) is 2.65. The van der Waals surface area contributed by atoms with Crippen LogP contribution in [0.3, 0.4) is 0 Å². The quantitative estimate of drug-likeness (QED) is 0.550. The lowest BCUT2D eigenvalue weighted by atomic mass is 10.0. The minimum absolute atomic E-state index is 0.121. The lowest BCUT2D eigenvalue weighted by Crippen LogP contribution is -1.97. The summed E-state index contributed by atoms with van der Waals surface area (Å²) in [5, 5.41) is 19.0. The van der Waals surface area contributed by atoms with Crippen LogP contribution in [-0.2, 0) is 12.8 Å². The molecule has 2 aromatic carbocycles. The third-order valence-electron chi connectivity index (χ3n) is 4.62. The van der Waals surface area contributed by atoms with Crippen LogP contribution in [0, 0.1) is 0 Å². The van der Waals surface area contributed by atoms with Gasteiger partial charge in [-0.05, 0) is 61.1 Å². The van der Waals surface area contributed by atoms with Gasteiger partial charge in [0.1, 0.15) is 11.5 Å². The second kappa shape index (κ2) is 10.6. The second-order valence-corrected chi connectivity index (χ2v) is 6.66. The molecule has 148 valence electrons. The average molecular weight is 374 g/mol. The first kappa shape index (κ1) is 20.7. The van der Waals surface area contributed by atoms with Gasteiger partial charge in [0, 0.05) is 6.07 Å². The highest BCUT2D eigenvalue weighted by atomic mass is 16.5. The summed E-state index contributed by atoms with van der Waals surface area (Å²) in [6.45, 7) is 0. The number of unbranched alkanes of at least 4 members (excludes halogenated alkanes) is 4. The number of hydrogen-bond acceptors (Lipinski definition) is 5. The number of benzene rings is 2. The Morgan fingerprint density at radius 3 is 1.48 bits per heavy atom. The molecule has 0 saturated heterocycles. The van der Waals surface area contributed by atoms with Gasteiger partial charge < -0.3 is 24.4 Å². The van der Waals surface area contributed by atoms with E-state index in [4.69, 9.17) is 14.2 Å². The number of aromatic hydroxyl groups is 2. The molecule has 5 heteroatoms. The maximum Gasteiger partial charge on any atom is 0.203 e. The lowest BCUT2D eigenvalue weighted by Gasteiger charge is -2.14. The molecule has 0 atom stereocenters. The van der Waals surface area contributed by atoms with Crippen LogP contribution in [0.25, 0.3) is 0 Å². The Hall–Kier alpha value is -2.56. The van der Waals surface area contributed by atoms with Crippen LogP contribution in [0.15, 0.2) is 30.3 Å². The monoisotopic (exact) mass is 374 g/mol. The Morgan fingerprint density at radius 1 is 0.593 bits per heavy atom. The maximum absolute atomic E-state index is 9.50. The zero-order valence-electron chi connectivity index (χ0n) is 16.5. The number of rotatable bonds is 11. The van der Waals surface area contributed by atoms with Crippen molar-refractivity contribution in [3.05, 3.63) is 41.5 Å². The summed E-state index contributed by atoms with van der Waals surface area (Å²) in [6.07, 6.45) is 7.44. The van der Waals surface area contributed by atoms with Gasteiger partial charge in [0.05, 0.1) is 21.3 Å². The van der Waals surface area contributed by atoms with Gasteiger partial charge in [-0.15, -0.1) is 0 Å². The second-order valence-electron chi connectivity index (χ2n) is 6.66. The molecule has 0 unspecified atom stereocenters. The molecule has 2 rings (SSSR count). The van der Waals surface area contributed by atoms with E-state index >= 15 is 0 Å². The van der Waals surface area contributed by atoms with Gasteiger partial charge in [-0.25, -0.2) is 0 Å². The topological polar surface area (TPSA) is 68.2 Å². The predicted molar refractivity (Wildman–Crippen MR) is 106 cm³/mol. The van der Waals surface area contributed by atoms with Crippen LogP contribution in [0.4, 0.5) is 0 Å². The number of aryl methyl sites for hydroxylation is 2. The number of phenolic OH excluding ortho intramolecular Hbond substituents is 2. The van der Waals surface area contributed by atoms with Crippen molar-refractivity contribution in [2.24, 2.45) is 0 Å². The molecule has 0 aliphatic carbocycles. The molecule has 2 aromatic rings. The van der Waals surface area contributed by atoms with Crippen molar-refractivity contribution in [1.29, 1.82) is 0 Å². The van der Waals surface area contributed by atoms with E-state index < -0.39 is 0 Å². The van der Waals surface area contributed by atoms with Gasteiger partial charge in [-0.2, -0.15) is 0 Å². The summed E-state index contributed by atoms with van der Waals surface area (Å²) in [5.41, 5.74) is 2.16. The normalized spacial score (nSPS) is 10.6. The molecule has 0 aromatic heterocycles. The first-order valence-corrected chi connectivity index (χ1v) is 9.38. The third kappa shape index (κ3) is 6.27. The molecule has 0 fully saturated rings. The summed E-state index contributed by atoms with van der Waals surface area (Å²) in [6, 6.07) is 8.80. The van der Waals surface area contributed by atoms with Crippen LogP contribution in [0.1, 0.15) is 43.2 Å². The van der Waals surface area contributed by atoms with E-state index in [1.807, 2.05) is 12.1 Å². The fourth-order valence-electron chi connectivity index (χ4n) is 3.27. The van der Waals surface area contributed by atoms with Crippen molar-refractivity contribution in [2.45, 2.75) is 44.9 Å². The molecule has 0 aliphatic rings. The zero-order chi connectivity index (χ0) is 19.6. The number of hydrogen-bond donors (Lipinski definition) is 2. The molecule has 0 aliphatic heterocycles. The first-order chi connectivity index (χ1) is 13.1. The fraction of sp³-hybridized carbons (Fsp3) is 0.455. The first-order valence-electron chi connectivity index (χ1n) is 9.38. The molecule has 0 heterocycles. The third-order valence-corrected chi connectivity index (χ3v) is 4.62. The Kier molecular flexibility index (Phi) is 8.11. The summed E-state index contributed by atoms with van der Waals surface area (Å²) in [5.74, 6) is 2.26. The Bertz CT molecular complexity index is 681. The van der Waals surface area contributed by atoms with Crippen molar-refractivity contribution in [2.75, 3.05) is 21.3 Å². The van der Waals surface area contributed by atoms with Gasteiger partial charge in [-0.1, -0.05) is 19.3 Å². The van der Waals surface area contributed by atoms with E-state index in [2.05, 4.69) is 0 Å². The number of phenols is 2. The molecule has 5 nitrogen and oxygen atoms in total. The number of ether oxygens (including phenoxy) is 3. The molecule has 2 N–H and O–H groups in total. The Morgan fingerprint density at radius 2 is 1.04 bits per heavy atom. The highest BCUT2D eigenvalue weighted by Crippen LogP contribution is 2.38. The standard InChI is InChI=1S/C22H30O5/c1-25-20-13-17(14-21(26-2)22(20)27-3)10-8-6-4-5-7-9-16-11-18(23)15-19(24)12-16/h11-15,23-24H,4-10H2,1-3H3. The van der Waals surface area contributed by atoms with Gasteiger partial charge in [-0.3, -0.25) is 0 Å². The van der Waals surface area contributed by atoms with Crippen molar-refractivity contribution in [1.82, 2.24) is 0 Å². The molecule has 0 bridgehead atoms. The Balaban J connectivity index is 1.72. The van der Waals surface area contributed by atoms with E-state index in [1.54, 1.807) is 33.5 Å². The SMILES string of the molecule is COc1cc(CCCCCCCc2cc(O)cc(O)c2)cc(OC)c1OC. The van der Waals surface area contributed by atoms with Crippen LogP contribution in [0.2, 0.25) is 0 Å². The van der Waals surface area contributed by atoms with Crippen LogP contribution >= 0.6 is 0 Å². The lowest BCUT2D eigenvalue weighted by molar-refractivity contribution is 0.323. The van der Waals surface area contributed by atoms with E-state index in [0.29, 0.717) is 17.2 Å². The van der Waals surface area contributed by atoms with Crippen LogP contribution in [-0.4, -0.2) is 31.5 Å². The van der Waals surface area contributed by atoms with Gasteiger partial charge in [0.2, 0.25) is 5.75 Å². The molecule has 27 heavy (non-hydrogen) atoms. The summed E-state index contributed by atoms with van der Waals surface area (Å²) >= 11 is 0. The van der Waals surface area contributed by atoms with Crippen molar-refractivity contribution >= 4 is 0 Å². The summed E-state index contributed by atoms with van der Waals surface area (Å²) in [7, 11) is 4.87. The predicted octanol–water partition coefficient (Wildman–Crippen LogP) is 4.86. The molecular formula is C22H30O5. The molecule has 0 spiro atoms. The van der Waals surface area contributed by atoms with Gasteiger partial charge in [0.25, 0.3) is 0 Å². The van der Waals surface area contributed by atoms with E-state index in [9.17, 15) is 10.2 Å². The molecular weight excluding hydrogens is 344 g/mol. The Labute approximate surface area is 161 Å². The van der Waals surface area contributed by atoms with Crippen LogP contribution in [0.5, 0.6) is 28.7 Å². The van der Waals surface area contributed by atoms with Crippen LogP contribution < -0.4 is 14.2 Å². The summed E-state index contributed by atoms with van der Waals surface area (Å²) in [4.78, 5) is 0. The molecule has 0 radical (unpaired) electrons.